The van der Waals surface area contributed by atoms with Gasteiger partial charge < -0.3 is 0 Å². The minimum Gasteiger partial charge on any atom is -0.273 e. The van der Waals surface area contributed by atoms with Gasteiger partial charge in [-0.1, -0.05) is 13.8 Å². The van der Waals surface area contributed by atoms with Crippen molar-refractivity contribution in [2.24, 2.45) is 7.05 Å². The molecule has 0 spiro atoms. The Morgan fingerprint density at radius 2 is 2.00 bits per heavy atom. The summed E-state index contributed by atoms with van der Waals surface area (Å²) in [6, 6.07) is 2.13. The topological polar surface area (TPSA) is 48.5 Å². The summed E-state index contributed by atoms with van der Waals surface area (Å²) in [5.41, 5.74) is 4.29. The first-order valence-electron chi connectivity index (χ1n) is 7.06. The van der Waals surface area contributed by atoms with Crippen LogP contribution in [0.3, 0.4) is 0 Å². The highest BCUT2D eigenvalue weighted by Crippen LogP contribution is 2.31. The molecule has 3 aromatic heterocycles. The molecule has 3 aromatic rings. The summed E-state index contributed by atoms with van der Waals surface area (Å²) >= 11 is 3.94. The van der Waals surface area contributed by atoms with Gasteiger partial charge in [-0.2, -0.15) is 10.2 Å². The smallest absolute Gasteiger partial charge is 0.182 e. The van der Waals surface area contributed by atoms with Crippen LogP contribution in [0.5, 0.6) is 0 Å². The van der Waals surface area contributed by atoms with Crippen LogP contribution in [0, 0.1) is 10.6 Å². The maximum Gasteiger partial charge on any atom is 0.182 e. The van der Waals surface area contributed by atoms with Gasteiger partial charge in [-0.25, -0.2) is 9.67 Å². The molecule has 0 fully saturated rings. The van der Waals surface area contributed by atoms with Crippen molar-refractivity contribution in [3.63, 3.8) is 0 Å². The predicted molar refractivity (Wildman–Crippen MR) is 99.0 cm³/mol. The Morgan fingerprint density at radius 1 is 1.27 bits per heavy atom. The monoisotopic (exact) mass is 427 g/mol. The van der Waals surface area contributed by atoms with E-state index in [0.717, 1.165) is 25.4 Å². The molecule has 0 saturated heterocycles. The molecule has 0 saturated carbocycles. The maximum absolute atomic E-state index is 4.75. The van der Waals surface area contributed by atoms with E-state index in [2.05, 4.69) is 59.5 Å². The van der Waals surface area contributed by atoms with E-state index >= 15 is 0 Å². The molecule has 0 unspecified atom stereocenters. The lowest BCUT2D eigenvalue weighted by Gasteiger charge is -2.10. The molecule has 22 heavy (non-hydrogen) atoms. The molecule has 0 atom stereocenters. The first-order chi connectivity index (χ1) is 10.4. The number of fused-ring (bicyclic) bond motifs is 1. The van der Waals surface area contributed by atoms with Crippen molar-refractivity contribution in [3.05, 3.63) is 27.2 Å². The van der Waals surface area contributed by atoms with Gasteiger partial charge >= 0.3 is 0 Å². The van der Waals surface area contributed by atoms with E-state index in [1.807, 2.05) is 24.2 Å². The standard InChI is InChI=1S/C15H18IN5S/c1-8(2)12-9(3)21(18-13(12)16)11-6-10-7-20(4)19-14(10)17-15(11)22-5/h6-8H,1-5H3. The third kappa shape index (κ3) is 2.54. The number of rotatable bonds is 3. The summed E-state index contributed by atoms with van der Waals surface area (Å²) < 4.78 is 4.87. The van der Waals surface area contributed by atoms with Gasteiger partial charge in [-0.05, 0) is 47.8 Å². The predicted octanol–water partition coefficient (Wildman–Crippen LogP) is 3.91. The van der Waals surface area contributed by atoms with Crippen LogP contribution in [0.25, 0.3) is 16.7 Å². The van der Waals surface area contributed by atoms with Crippen molar-refractivity contribution < 1.29 is 0 Å². The summed E-state index contributed by atoms with van der Waals surface area (Å²) in [5, 5.41) is 11.1. The lowest BCUT2D eigenvalue weighted by molar-refractivity contribution is 0.772. The Hall–Kier alpha value is -1.09. The molecule has 0 radical (unpaired) electrons. The van der Waals surface area contributed by atoms with Crippen LogP contribution in [0.15, 0.2) is 17.3 Å². The molecule has 0 aliphatic heterocycles. The number of aromatic nitrogens is 5. The lowest BCUT2D eigenvalue weighted by atomic mass is 10.1. The summed E-state index contributed by atoms with van der Waals surface area (Å²) in [6.07, 6.45) is 4.02. The Bertz CT molecular complexity index is 849. The van der Waals surface area contributed by atoms with E-state index in [9.17, 15) is 0 Å². The highest BCUT2D eigenvalue weighted by molar-refractivity contribution is 14.1. The highest BCUT2D eigenvalue weighted by Gasteiger charge is 2.19. The largest absolute Gasteiger partial charge is 0.273 e. The van der Waals surface area contributed by atoms with Crippen molar-refractivity contribution in [1.82, 2.24) is 24.5 Å². The number of hydrogen-bond acceptors (Lipinski definition) is 4. The van der Waals surface area contributed by atoms with E-state index in [1.54, 1.807) is 16.4 Å². The van der Waals surface area contributed by atoms with Crippen LogP contribution in [-0.4, -0.2) is 30.8 Å². The Morgan fingerprint density at radius 3 is 2.59 bits per heavy atom. The highest BCUT2D eigenvalue weighted by atomic mass is 127. The fourth-order valence-corrected chi connectivity index (χ4v) is 4.48. The summed E-state index contributed by atoms with van der Waals surface area (Å²) in [5.74, 6) is 0.452. The van der Waals surface area contributed by atoms with Gasteiger partial charge in [-0.3, -0.25) is 4.68 Å². The van der Waals surface area contributed by atoms with Crippen molar-refractivity contribution >= 4 is 45.4 Å². The van der Waals surface area contributed by atoms with Crippen molar-refractivity contribution in [3.8, 4) is 5.69 Å². The summed E-state index contributed by atoms with van der Waals surface area (Å²) in [4.78, 5) is 4.68. The average Bonchev–Trinajstić information content (AvgIpc) is 2.95. The van der Waals surface area contributed by atoms with E-state index in [1.165, 1.54) is 11.3 Å². The molecule has 0 bridgehead atoms. The van der Waals surface area contributed by atoms with Gasteiger partial charge in [0.05, 0.1) is 5.69 Å². The van der Waals surface area contributed by atoms with Crippen LogP contribution in [0.4, 0.5) is 0 Å². The van der Waals surface area contributed by atoms with Crippen molar-refractivity contribution in [2.75, 3.05) is 6.26 Å². The molecule has 0 aromatic carbocycles. The normalized spacial score (nSPS) is 11.8. The second-order valence-corrected chi connectivity index (χ2v) is 7.41. The van der Waals surface area contributed by atoms with E-state index in [4.69, 9.17) is 5.10 Å². The van der Waals surface area contributed by atoms with Crippen LogP contribution in [-0.2, 0) is 7.05 Å². The molecule has 116 valence electrons. The third-order valence-corrected chi connectivity index (χ3v) is 5.16. The maximum atomic E-state index is 4.75. The molecular formula is C15H18IN5S. The first kappa shape index (κ1) is 15.8. The fourth-order valence-electron chi connectivity index (χ4n) is 2.72. The molecule has 0 aliphatic carbocycles. The second kappa shape index (κ2) is 5.84. The summed E-state index contributed by atoms with van der Waals surface area (Å²) in [6.45, 7) is 6.53. The molecule has 7 heteroatoms. The SMILES string of the molecule is CSc1nc2nn(C)cc2cc1-n1nc(I)c(C(C)C)c1C. The second-order valence-electron chi connectivity index (χ2n) is 5.59. The minimum absolute atomic E-state index is 0.452. The average molecular weight is 427 g/mol. The number of thioether (sulfide) groups is 1. The number of pyridine rings is 1. The van der Waals surface area contributed by atoms with Crippen LogP contribution < -0.4 is 0 Å². The van der Waals surface area contributed by atoms with Gasteiger partial charge in [0.25, 0.3) is 0 Å². The first-order valence-corrected chi connectivity index (χ1v) is 9.36. The number of aryl methyl sites for hydroxylation is 1. The van der Waals surface area contributed by atoms with E-state index in [-0.39, 0.29) is 0 Å². The van der Waals surface area contributed by atoms with Crippen molar-refractivity contribution in [1.29, 1.82) is 0 Å². The van der Waals surface area contributed by atoms with Gasteiger partial charge in [0.1, 0.15) is 8.73 Å². The number of hydrogen-bond donors (Lipinski definition) is 0. The fraction of sp³-hybridized carbons (Fsp3) is 0.400. The molecular weight excluding hydrogens is 409 g/mol. The minimum atomic E-state index is 0.452. The molecule has 0 aliphatic rings. The zero-order valence-electron chi connectivity index (χ0n) is 13.3. The lowest BCUT2D eigenvalue weighted by Crippen LogP contribution is -2.03. The van der Waals surface area contributed by atoms with Gasteiger partial charge in [-0.15, -0.1) is 11.8 Å². The number of nitrogens with zero attached hydrogens (tertiary/aromatic N) is 5. The zero-order chi connectivity index (χ0) is 16.0. The van der Waals surface area contributed by atoms with Crippen LogP contribution >= 0.6 is 34.4 Å². The van der Waals surface area contributed by atoms with Gasteiger partial charge in [0.2, 0.25) is 0 Å². The quantitative estimate of drug-likeness (QED) is 0.470. The Kier molecular flexibility index (Phi) is 4.19. The molecule has 0 amide bonds. The number of halogens is 1. The Balaban J connectivity index is 2.27. The molecule has 3 rings (SSSR count). The van der Waals surface area contributed by atoms with Crippen LogP contribution in [0.2, 0.25) is 0 Å². The Labute approximate surface area is 147 Å². The van der Waals surface area contributed by atoms with E-state index in [0.29, 0.717) is 5.92 Å². The third-order valence-electron chi connectivity index (χ3n) is 3.67. The van der Waals surface area contributed by atoms with Gasteiger partial charge in [0, 0.05) is 29.9 Å². The van der Waals surface area contributed by atoms with Gasteiger partial charge in [0.15, 0.2) is 5.65 Å². The molecule has 5 nitrogen and oxygen atoms in total. The zero-order valence-corrected chi connectivity index (χ0v) is 16.2. The summed E-state index contributed by atoms with van der Waals surface area (Å²) in [7, 11) is 1.92. The molecule has 0 N–H and O–H groups in total. The van der Waals surface area contributed by atoms with Crippen LogP contribution in [0.1, 0.15) is 31.0 Å². The van der Waals surface area contributed by atoms with Crippen molar-refractivity contribution in [2.45, 2.75) is 31.7 Å². The van der Waals surface area contributed by atoms with E-state index < -0.39 is 0 Å². The molecule has 3 heterocycles.